The quantitative estimate of drug-likeness (QED) is 0.480. The normalized spacial score (nSPS) is 10.9. The van der Waals surface area contributed by atoms with Gasteiger partial charge in [0, 0.05) is 18.2 Å². The summed E-state index contributed by atoms with van der Waals surface area (Å²) in [5, 5.41) is 9.74. The SMILES string of the molecule is Cc1ccc(C(=O)CSc2nnc(-c3ccccc3Cl)n2C)c(C)c1. The van der Waals surface area contributed by atoms with E-state index in [1.165, 1.54) is 11.8 Å². The summed E-state index contributed by atoms with van der Waals surface area (Å²) >= 11 is 7.62. The van der Waals surface area contributed by atoms with Crippen LogP contribution < -0.4 is 0 Å². The molecule has 3 aromatic rings. The van der Waals surface area contributed by atoms with Crippen molar-refractivity contribution in [2.24, 2.45) is 7.05 Å². The van der Waals surface area contributed by atoms with Crippen LogP contribution in [0.1, 0.15) is 21.5 Å². The molecule has 0 bridgehead atoms. The highest BCUT2D eigenvalue weighted by molar-refractivity contribution is 7.99. The first-order chi connectivity index (χ1) is 12.0. The Kier molecular flexibility index (Phi) is 5.25. The van der Waals surface area contributed by atoms with E-state index < -0.39 is 0 Å². The minimum atomic E-state index is 0.0878. The van der Waals surface area contributed by atoms with Crippen LogP contribution in [0.4, 0.5) is 0 Å². The lowest BCUT2D eigenvalue weighted by Crippen LogP contribution is -2.06. The molecule has 0 spiro atoms. The molecule has 6 heteroatoms. The van der Waals surface area contributed by atoms with Crippen LogP contribution in [-0.4, -0.2) is 26.3 Å². The largest absolute Gasteiger partial charge is 0.305 e. The molecule has 128 valence electrons. The van der Waals surface area contributed by atoms with E-state index in [4.69, 9.17) is 11.6 Å². The van der Waals surface area contributed by atoms with Crippen molar-refractivity contribution < 1.29 is 4.79 Å². The number of rotatable bonds is 5. The lowest BCUT2D eigenvalue weighted by Gasteiger charge is -2.07. The van der Waals surface area contributed by atoms with Gasteiger partial charge in [-0.2, -0.15) is 0 Å². The number of thioether (sulfide) groups is 1. The zero-order valence-corrected chi connectivity index (χ0v) is 15.9. The fourth-order valence-electron chi connectivity index (χ4n) is 2.65. The van der Waals surface area contributed by atoms with E-state index in [1.54, 1.807) is 0 Å². The van der Waals surface area contributed by atoms with Gasteiger partial charge in [0.1, 0.15) is 0 Å². The van der Waals surface area contributed by atoms with Crippen LogP contribution in [-0.2, 0) is 7.05 Å². The fraction of sp³-hybridized carbons (Fsp3) is 0.211. The molecule has 2 aromatic carbocycles. The minimum Gasteiger partial charge on any atom is -0.305 e. The molecule has 0 aliphatic heterocycles. The number of halogens is 1. The van der Waals surface area contributed by atoms with Crippen LogP contribution in [0.15, 0.2) is 47.6 Å². The molecule has 1 aromatic heterocycles. The predicted octanol–water partition coefficient (Wildman–Crippen LogP) is 4.73. The second kappa shape index (κ2) is 7.42. The summed E-state index contributed by atoms with van der Waals surface area (Å²) in [6.45, 7) is 3.98. The number of carbonyl (C=O) groups excluding carboxylic acids is 1. The van der Waals surface area contributed by atoms with Gasteiger partial charge in [0.05, 0.1) is 10.8 Å². The number of nitrogens with zero attached hydrogens (tertiary/aromatic N) is 3. The van der Waals surface area contributed by atoms with Gasteiger partial charge in [-0.1, -0.05) is 59.3 Å². The number of carbonyl (C=O) groups is 1. The smallest absolute Gasteiger partial charge is 0.191 e. The van der Waals surface area contributed by atoms with Crippen molar-refractivity contribution in [2.75, 3.05) is 5.75 Å². The summed E-state index contributed by atoms with van der Waals surface area (Å²) in [7, 11) is 1.88. The van der Waals surface area contributed by atoms with Crippen molar-refractivity contribution in [3.63, 3.8) is 0 Å². The first-order valence-corrected chi connectivity index (χ1v) is 9.21. The Morgan fingerprint density at radius 3 is 2.64 bits per heavy atom. The van der Waals surface area contributed by atoms with E-state index in [0.29, 0.717) is 21.8 Å². The van der Waals surface area contributed by atoms with Gasteiger partial charge in [-0.15, -0.1) is 10.2 Å². The maximum absolute atomic E-state index is 12.5. The number of hydrogen-bond donors (Lipinski definition) is 0. The van der Waals surface area contributed by atoms with Crippen LogP contribution in [0.2, 0.25) is 5.02 Å². The van der Waals surface area contributed by atoms with Gasteiger partial charge in [-0.3, -0.25) is 4.79 Å². The molecule has 3 rings (SSSR count). The zero-order valence-electron chi connectivity index (χ0n) is 14.3. The number of ketones is 1. The topological polar surface area (TPSA) is 47.8 Å². The maximum Gasteiger partial charge on any atom is 0.191 e. The van der Waals surface area contributed by atoms with Crippen LogP contribution in [0, 0.1) is 13.8 Å². The fourth-order valence-corrected chi connectivity index (χ4v) is 3.67. The van der Waals surface area contributed by atoms with E-state index >= 15 is 0 Å². The Morgan fingerprint density at radius 2 is 1.92 bits per heavy atom. The predicted molar refractivity (Wildman–Crippen MR) is 102 cm³/mol. The van der Waals surface area contributed by atoms with E-state index in [2.05, 4.69) is 10.2 Å². The average molecular weight is 372 g/mol. The van der Waals surface area contributed by atoms with Gasteiger partial charge in [-0.05, 0) is 31.5 Å². The summed E-state index contributed by atoms with van der Waals surface area (Å²) in [4.78, 5) is 12.5. The maximum atomic E-state index is 12.5. The van der Waals surface area contributed by atoms with Crippen molar-refractivity contribution in [3.05, 3.63) is 64.2 Å². The molecule has 25 heavy (non-hydrogen) atoms. The summed E-state index contributed by atoms with van der Waals surface area (Å²) < 4.78 is 1.86. The third-order valence-corrected chi connectivity index (χ3v) is 5.31. The highest BCUT2D eigenvalue weighted by Crippen LogP contribution is 2.28. The molecule has 0 radical (unpaired) electrons. The summed E-state index contributed by atoms with van der Waals surface area (Å²) in [5.74, 6) is 1.09. The molecule has 0 unspecified atom stereocenters. The molecule has 0 amide bonds. The Balaban J connectivity index is 1.76. The Labute approximate surface area is 156 Å². The Hall–Kier alpha value is -2.11. The summed E-state index contributed by atoms with van der Waals surface area (Å²) in [5.41, 5.74) is 3.73. The van der Waals surface area contributed by atoms with Gasteiger partial charge in [0.15, 0.2) is 16.8 Å². The first-order valence-electron chi connectivity index (χ1n) is 7.85. The Morgan fingerprint density at radius 1 is 1.16 bits per heavy atom. The van der Waals surface area contributed by atoms with Crippen molar-refractivity contribution >= 4 is 29.1 Å². The molecular formula is C19H18ClN3OS. The van der Waals surface area contributed by atoms with E-state index in [1.807, 2.05) is 67.9 Å². The van der Waals surface area contributed by atoms with Crippen LogP contribution in [0.5, 0.6) is 0 Å². The number of aryl methyl sites for hydroxylation is 2. The number of aromatic nitrogens is 3. The molecule has 4 nitrogen and oxygen atoms in total. The minimum absolute atomic E-state index is 0.0878. The Bertz CT molecular complexity index is 936. The second-order valence-electron chi connectivity index (χ2n) is 5.88. The van der Waals surface area contributed by atoms with E-state index in [9.17, 15) is 4.79 Å². The molecule has 0 saturated heterocycles. The number of Topliss-reactive ketones (excluding diaryl/α,β-unsaturated/α-hetero) is 1. The second-order valence-corrected chi connectivity index (χ2v) is 7.22. The standard InChI is InChI=1S/C19H18ClN3OS/c1-12-8-9-14(13(2)10-12)17(24)11-25-19-22-21-18(23(19)3)15-6-4-5-7-16(15)20/h4-10H,11H2,1-3H3. The summed E-state index contributed by atoms with van der Waals surface area (Å²) in [6, 6.07) is 13.4. The molecule has 0 aliphatic carbocycles. The zero-order chi connectivity index (χ0) is 18.0. The van der Waals surface area contributed by atoms with Crippen molar-refractivity contribution in [2.45, 2.75) is 19.0 Å². The molecule has 0 saturated carbocycles. The number of hydrogen-bond acceptors (Lipinski definition) is 4. The highest BCUT2D eigenvalue weighted by Gasteiger charge is 2.16. The van der Waals surface area contributed by atoms with Crippen molar-refractivity contribution in [3.8, 4) is 11.4 Å². The van der Waals surface area contributed by atoms with Gasteiger partial charge >= 0.3 is 0 Å². The van der Waals surface area contributed by atoms with Gasteiger partial charge in [0.25, 0.3) is 0 Å². The number of benzene rings is 2. The molecule has 0 atom stereocenters. The van der Waals surface area contributed by atoms with Crippen molar-refractivity contribution in [1.29, 1.82) is 0 Å². The first kappa shape index (κ1) is 17.7. The molecule has 0 aliphatic rings. The third-order valence-electron chi connectivity index (χ3n) is 3.96. The third kappa shape index (κ3) is 3.78. The van der Waals surface area contributed by atoms with E-state index in [-0.39, 0.29) is 5.78 Å². The molecule has 1 heterocycles. The summed E-state index contributed by atoms with van der Waals surface area (Å²) in [6.07, 6.45) is 0. The highest BCUT2D eigenvalue weighted by atomic mass is 35.5. The molecular weight excluding hydrogens is 354 g/mol. The van der Waals surface area contributed by atoms with Gasteiger partial charge < -0.3 is 4.57 Å². The molecule has 0 fully saturated rings. The lowest BCUT2D eigenvalue weighted by molar-refractivity contribution is 0.102. The van der Waals surface area contributed by atoms with Crippen molar-refractivity contribution in [1.82, 2.24) is 14.8 Å². The van der Waals surface area contributed by atoms with Gasteiger partial charge in [-0.25, -0.2) is 0 Å². The van der Waals surface area contributed by atoms with Crippen LogP contribution in [0.25, 0.3) is 11.4 Å². The molecule has 0 N–H and O–H groups in total. The monoisotopic (exact) mass is 371 g/mol. The lowest BCUT2D eigenvalue weighted by atomic mass is 10.0. The van der Waals surface area contributed by atoms with E-state index in [0.717, 1.165) is 22.3 Å². The van der Waals surface area contributed by atoms with Crippen LogP contribution in [0.3, 0.4) is 0 Å². The van der Waals surface area contributed by atoms with Gasteiger partial charge in [0.2, 0.25) is 0 Å². The van der Waals surface area contributed by atoms with Crippen LogP contribution >= 0.6 is 23.4 Å². The average Bonchev–Trinajstić information content (AvgIpc) is 2.94.